The molecule has 0 radical (unpaired) electrons. The van der Waals surface area contributed by atoms with E-state index in [9.17, 15) is 9.59 Å². The molecule has 1 fully saturated rings. The molecule has 1 N–H and O–H groups in total. The smallest absolute Gasteiger partial charge is 0.359 e. The van der Waals surface area contributed by atoms with E-state index in [-0.39, 0.29) is 23.9 Å². The van der Waals surface area contributed by atoms with Gasteiger partial charge in [0.25, 0.3) is 5.56 Å². The fraction of sp³-hybridized carbons (Fsp3) is 0.421. The molecule has 6 nitrogen and oxygen atoms in total. The fourth-order valence-corrected chi connectivity index (χ4v) is 3.78. The molecule has 6 heteroatoms. The van der Waals surface area contributed by atoms with Crippen molar-refractivity contribution in [2.45, 2.75) is 45.1 Å². The normalized spacial score (nSPS) is 15.7. The first-order valence-electron chi connectivity index (χ1n) is 8.91. The summed E-state index contributed by atoms with van der Waals surface area (Å²) in [6.45, 7) is 2.04. The van der Waals surface area contributed by atoms with E-state index in [0.717, 1.165) is 36.6 Å². The molecule has 1 saturated carbocycles. The number of benzene rings is 1. The van der Waals surface area contributed by atoms with Gasteiger partial charge in [-0.05, 0) is 25.8 Å². The minimum atomic E-state index is -0.484. The SMILES string of the molecule is CCOC(=O)c1nn(C2CCCCC2)c(=O)c2[nH]c3ccccc3c12. The molecule has 1 aliphatic rings. The van der Waals surface area contributed by atoms with Crippen molar-refractivity contribution in [3.8, 4) is 0 Å². The maximum absolute atomic E-state index is 13.0. The second-order valence-corrected chi connectivity index (χ2v) is 6.53. The highest BCUT2D eigenvalue weighted by atomic mass is 16.5. The van der Waals surface area contributed by atoms with Crippen LogP contribution < -0.4 is 5.56 Å². The van der Waals surface area contributed by atoms with E-state index in [1.54, 1.807) is 6.92 Å². The van der Waals surface area contributed by atoms with E-state index in [4.69, 9.17) is 4.74 Å². The van der Waals surface area contributed by atoms with Crippen molar-refractivity contribution < 1.29 is 9.53 Å². The summed E-state index contributed by atoms with van der Waals surface area (Å²) in [4.78, 5) is 28.8. The lowest BCUT2D eigenvalue weighted by atomic mass is 9.95. The lowest BCUT2D eigenvalue weighted by Crippen LogP contribution is -2.31. The molecular formula is C19H21N3O3. The van der Waals surface area contributed by atoms with Gasteiger partial charge in [-0.1, -0.05) is 37.5 Å². The van der Waals surface area contributed by atoms with Crippen LogP contribution in [0.2, 0.25) is 0 Å². The molecule has 0 aliphatic heterocycles. The number of rotatable bonds is 3. The number of hydrogen-bond acceptors (Lipinski definition) is 4. The molecule has 3 aromatic rings. The zero-order valence-corrected chi connectivity index (χ0v) is 14.2. The molecule has 0 atom stereocenters. The van der Waals surface area contributed by atoms with Crippen molar-refractivity contribution in [3.05, 3.63) is 40.3 Å². The summed E-state index contributed by atoms with van der Waals surface area (Å²) in [6, 6.07) is 7.62. The molecule has 2 heterocycles. The zero-order valence-electron chi connectivity index (χ0n) is 14.2. The summed E-state index contributed by atoms with van der Waals surface area (Å²) in [7, 11) is 0. The van der Waals surface area contributed by atoms with Gasteiger partial charge in [0.05, 0.1) is 12.6 Å². The fourth-order valence-electron chi connectivity index (χ4n) is 3.78. The summed E-state index contributed by atoms with van der Waals surface area (Å²) in [5.41, 5.74) is 1.32. The van der Waals surface area contributed by atoms with Gasteiger partial charge in [0, 0.05) is 16.3 Å². The number of aromatic amines is 1. The van der Waals surface area contributed by atoms with Gasteiger partial charge in [0.2, 0.25) is 0 Å². The van der Waals surface area contributed by atoms with Crippen LogP contribution in [-0.2, 0) is 4.74 Å². The molecule has 0 unspecified atom stereocenters. The van der Waals surface area contributed by atoms with Crippen molar-refractivity contribution in [3.63, 3.8) is 0 Å². The average molecular weight is 339 g/mol. The van der Waals surface area contributed by atoms with Gasteiger partial charge in [0.15, 0.2) is 5.69 Å². The van der Waals surface area contributed by atoms with E-state index >= 15 is 0 Å². The number of hydrogen-bond donors (Lipinski definition) is 1. The summed E-state index contributed by atoms with van der Waals surface area (Å²) in [5.74, 6) is -0.484. The number of aromatic nitrogens is 3. The molecule has 4 rings (SSSR count). The number of nitrogens with one attached hydrogen (secondary N) is 1. The van der Waals surface area contributed by atoms with Gasteiger partial charge >= 0.3 is 5.97 Å². The van der Waals surface area contributed by atoms with Crippen LogP contribution in [0, 0.1) is 0 Å². The second-order valence-electron chi connectivity index (χ2n) is 6.53. The lowest BCUT2D eigenvalue weighted by Gasteiger charge is -2.23. The Morgan fingerprint density at radius 3 is 2.80 bits per heavy atom. The van der Waals surface area contributed by atoms with Crippen LogP contribution >= 0.6 is 0 Å². The van der Waals surface area contributed by atoms with Crippen LogP contribution in [0.5, 0.6) is 0 Å². The molecular weight excluding hydrogens is 318 g/mol. The van der Waals surface area contributed by atoms with E-state index < -0.39 is 5.97 Å². The van der Waals surface area contributed by atoms with Crippen molar-refractivity contribution in [2.75, 3.05) is 6.61 Å². The minimum Gasteiger partial charge on any atom is -0.461 e. The van der Waals surface area contributed by atoms with E-state index in [0.29, 0.717) is 10.9 Å². The largest absolute Gasteiger partial charge is 0.461 e. The Labute approximate surface area is 144 Å². The lowest BCUT2D eigenvalue weighted by molar-refractivity contribution is 0.0518. The van der Waals surface area contributed by atoms with Crippen molar-refractivity contribution >= 4 is 27.8 Å². The monoisotopic (exact) mass is 339 g/mol. The second kappa shape index (κ2) is 6.35. The molecule has 2 aromatic heterocycles. The third-order valence-electron chi connectivity index (χ3n) is 4.96. The van der Waals surface area contributed by atoms with Crippen LogP contribution in [0.3, 0.4) is 0 Å². The molecule has 0 bridgehead atoms. The van der Waals surface area contributed by atoms with Gasteiger partial charge in [-0.3, -0.25) is 4.79 Å². The van der Waals surface area contributed by atoms with Crippen LogP contribution in [0.15, 0.2) is 29.1 Å². The number of fused-ring (bicyclic) bond motifs is 3. The van der Waals surface area contributed by atoms with E-state index in [1.165, 1.54) is 11.1 Å². The Bertz CT molecular complexity index is 996. The first-order valence-corrected chi connectivity index (χ1v) is 8.91. The number of ether oxygens (including phenoxy) is 1. The Balaban J connectivity index is 2.02. The van der Waals surface area contributed by atoms with E-state index in [1.807, 2.05) is 24.3 Å². The number of H-pyrrole nitrogens is 1. The number of esters is 1. The van der Waals surface area contributed by atoms with E-state index in [2.05, 4.69) is 10.1 Å². The van der Waals surface area contributed by atoms with Gasteiger partial charge in [-0.15, -0.1) is 0 Å². The predicted molar refractivity (Wildman–Crippen MR) is 95.9 cm³/mol. The summed E-state index contributed by atoms with van der Waals surface area (Å²) >= 11 is 0. The Morgan fingerprint density at radius 1 is 1.28 bits per heavy atom. The van der Waals surface area contributed by atoms with Crippen LogP contribution in [0.1, 0.15) is 55.6 Å². The van der Waals surface area contributed by atoms with Crippen LogP contribution in [0.25, 0.3) is 21.8 Å². The first-order chi connectivity index (χ1) is 12.2. The number of nitrogens with zero attached hydrogens (tertiary/aromatic N) is 2. The molecule has 130 valence electrons. The Morgan fingerprint density at radius 2 is 2.04 bits per heavy atom. The molecule has 1 aliphatic carbocycles. The average Bonchev–Trinajstić information content (AvgIpc) is 3.03. The van der Waals surface area contributed by atoms with Gasteiger partial charge < -0.3 is 9.72 Å². The topological polar surface area (TPSA) is 77.0 Å². The van der Waals surface area contributed by atoms with Crippen molar-refractivity contribution in [1.82, 2.24) is 14.8 Å². The van der Waals surface area contributed by atoms with Crippen LogP contribution in [-0.4, -0.2) is 27.3 Å². The third kappa shape index (κ3) is 2.62. The zero-order chi connectivity index (χ0) is 17.4. The van der Waals surface area contributed by atoms with Gasteiger partial charge in [-0.2, -0.15) is 5.10 Å². The Kier molecular flexibility index (Phi) is 4.03. The molecule has 1 aromatic carbocycles. The van der Waals surface area contributed by atoms with Gasteiger partial charge in [-0.25, -0.2) is 9.48 Å². The highest BCUT2D eigenvalue weighted by Gasteiger charge is 2.25. The number of carbonyl (C=O) groups is 1. The highest BCUT2D eigenvalue weighted by Crippen LogP contribution is 2.29. The molecule has 25 heavy (non-hydrogen) atoms. The third-order valence-corrected chi connectivity index (χ3v) is 4.96. The minimum absolute atomic E-state index is 0.0465. The maximum Gasteiger partial charge on any atom is 0.359 e. The molecule has 0 spiro atoms. The van der Waals surface area contributed by atoms with Gasteiger partial charge in [0.1, 0.15) is 5.52 Å². The number of para-hydroxylation sites is 1. The summed E-state index contributed by atoms with van der Waals surface area (Å²) < 4.78 is 6.71. The van der Waals surface area contributed by atoms with Crippen molar-refractivity contribution in [1.29, 1.82) is 0 Å². The standard InChI is InChI=1S/C19H21N3O3/c1-2-25-19(24)17-15-13-10-6-7-11-14(13)20-16(15)18(23)22(21-17)12-8-4-3-5-9-12/h6-7,10-12,20H,2-5,8-9H2,1H3. The molecule has 0 saturated heterocycles. The van der Waals surface area contributed by atoms with Crippen LogP contribution in [0.4, 0.5) is 0 Å². The number of carbonyl (C=O) groups excluding carboxylic acids is 1. The maximum atomic E-state index is 13.0. The van der Waals surface area contributed by atoms with Crippen molar-refractivity contribution in [2.24, 2.45) is 0 Å². The summed E-state index contributed by atoms with van der Waals surface area (Å²) in [5, 5.41) is 5.86. The molecule has 0 amide bonds. The predicted octanol–water partition coefficient (Wildman–Crippen LogP) is 3.56. The summed E-state index contributed by atoms with van der Waals surface area (Å²) in [6.07, 6.45) is 5.18. The first kappa shape index (κ1) is 15.9. The highest BCUT2D eigenvalue weighted by molar-refractivity contribution is 6.15. The Hall–Kier alpha value is -2.63. The quantitative estimate of drug-likeness (QED) is 0.740.